The van der Waals surface area contributed by atoms with Crippen LogP contribution in [0.1, 0.15) is 35.8 Å². The quantitative estimate of drug-likeness (QED) is 0.738. The second-order valence-corrected chi connectivity index (χ2v) is 6.04. The average molecular weight is 312 g/mol. The lowest BCUT2D eigenvalue weighted by molar-refractivity contribution is -0.135. The fourth-order valence-corrected chi connectivity index (χ4v) is 3.40. The molecule has 0 spiro atoms. The maximum absolute atomic E-state index is 12.9. The number of aromatic nitrogens is 2. The molecule has 0 bridgehead atoms. The summed E-state index contributed by atoms with van der Waals surface area (Å²) in [5.74, 6) is -0.243. The van der Waals surface area contributed by atoms with Crippen molar-refractivity contribution in [1.82, 2.24) is 20.2 Å². The van der Waals surface area contributed by atoms with Crippen LogP contribution < -0.4 is 16.2 Å². The molecule has 0 radical (unpaired) electrons. The number of hydrogen-bond donors (Lipinski definition) is 2. The number of hydrogen-bond acceptors (Lipinski definition) is 5. The van der Waals surface area contributed by atoms with Gasteiger partial charge in [-0.3, -0.25) is 24.3 Å². The van der Waals surface area contributed by atoms with Gasteiger partial charge in [-0.15, -0.1) is 0 Å². The van der Waals surface area contributed by atoms with Crippen molar-refractivity contribution in [3.63, 3.8) is 0 Å². The van der Waals surface area contributed by atoms with Gasteiger partial charge in [-0.2, -0.15) is 0 Å². The van der Waals surface area contributed by atoms with Gasteiger partial charge in [-0.1, -0.05) is 0 Å². The molecular formula is C16H16N4O3. The molecule has 1 aromatic heterocycles. The second kappa shape index (κ2) is 4.99. The molecule has 3 heterocycles. The van der Waals surface area contributed by atoms with Crippen molar-refractivity contribution in [2.45, 2.75) is 38.9 Å². The van der Waals surface area contributed by atoms with E-state index >= 15 is 0 Å². The third-order valence-corrected chi connectivity index (χ3v) is 4.55. The SMILES string of the molecule is Cc1nc2cc3c(cc2c(=O)n1[C@@H]1CCC(=O)NC1=O)CNC3. The molecule has 1 aromatic carbocycles. The first-order valence-corrected chi connectivity index (χ1v) is 7.63. The number of aryl methyl sites for hydroxylation is 1. The summed E-state index contributed by atoms with van der Waals surface area (Å²) in [7, 11) is 0. The van der Waals surface area contributed by atoms with Crippen LogP contribution in [0.15, 0.2) is 16.9 Å². The zero-order valence-electron chi connectivity index (χ0n) is 12.7. The lowest BCUT2D eigenvalue weighted by Gasteiger charge is -2.24. The number of amides is 2. The Morgan fingerprint density at radius 2 is 1.91 bits per heavy atom. The lowest BCUT2D eigenvalue weighted by Crippen LogP contribution is -2.45. The van der Waals surface area contributed by atoms with Crippen molar-refractivity contribution >= 4 is 22.7 Å². The summed E-state index contributed by atoms with van der Waals surface area (Å²) in [6.45, 7) is 3.23. The third-order valence-electron chi connectivity index (χ3n) is 4.55. The highest BCUT2D eigenvalue weighted by atomic mass is 16.2. The summed E-state index contributed by atoms with van der Waals surface area (Å²) in [6.07, 6.45) is 0.555. The minimum atomic E-state index is -0.677. The first-order valence-electron chi connectivity index (χ1n) is 7.63. The first-order chi connectivity index (χ1) is 11.0. The number of imide groups is 1. The average Bonchev–Trinajstić information content (AvgIpc) is 2.95. The summed E-state index contributed by atoms with van der Waals surface area (Å²) in [5, 5.41) is 6.06. The zero-order chi connectivity index (χ0) is 16.1. The van der Waals surface area contributed by atoms with Crippen molar-refractivity contribution < 1.29 is 9.59 Å². The number of nitrogens with one attached hydrogen (secondary N) is 2. The summed E-state index contributed by atoms with van der Waals surface area (Å²) < 4.78 is 1.42. The summed E-state index contributed by atoms with van der Waals surface area (Å²) in [5.41, 5.74) is 2.67. The minimum absolute atomic E-state index is 0.225. The second-order valence-electron chi connectivity index (χ2n) is 6.04. The number of benzene rings is 1. The van der Waals surface area contributed by atoms with Crippen molar-refractivity contribution in [1.29, 1.82) is 0 Å². The van der Waals surface area contributed by atoms with Crippen LogP contribution in [0.5, 0.6) is 0 Å². The van der Waals surface area contributed by atoms with E-state index in [-0.39, 0.29) is 17.9 Å². The van der Waals surface area contributed by atoms with Crippen LogP contribution in [-0.2, 0) is 22.7 Å². The molecular weight excluding hydrogens is 296 g/mol. The van der Waals surface area contributed by atoms with E-state index in [2.05, 4.69) is 15.6 Å². The van der Waals surface area contributed by atoms with E-state index in [1.807, 2.05) is 12.1 Å². The van der Waals surface area contributed by atoms with E-state index in [1.165, 1.54) is 4.57 Å². The molecule has 0 saturated carbocycles. The van der Waals surface area contributed by atoms with E-state index in [0.29, 0.717) is 23.1 Å². The van der Waals surface area contributed by atoms with Gasteiger partial charge in [0, 0.05) is 19.5 Å². The summed E-state index contributed by atoms with van der Waals surface area (Å²) in [4.78, 5) is 40.8. The number of carbonyl (C=O) groups is 2. The van der Waals surface area contributed by atoms with Gasteiger partial charge < -0.3 is 5.32 Å². The van der Waals surface area contributed by atoms with Crippen molar-refractivity contribution in [2.75, 3.05) is 0 Å². The van der Waals surface area contributed by atoms with Gasteiger partial charge in [0.2, 0.25) is 11.8 Å². The van der Waals surface area contributed by atoms with Crippen molar-refractivity contribution in [3.05, 3.63) is 39.4 Å². The number of piperidine rings is 1. The fraction of sp³-hybridized carbons (Fsp3) is 0.375. The molecule has 7 nitrogen and oxygen atoms in total. The van der Waals surface area contributed by atoms with Crippen LogP contribution in [-0.4, -0.2) is 21.4 Å². The summed E-state index contributed by atoms with van der Waals surface area (Å²) >= 11 is 0. The molecule has 1 fully saturated rings. The Morgan fingerprint density at radius 1 is 1.17 bits per heavy atom. The maximum atomic E-state index is 12.9. The topological polar surface area (TPSA) is 93.1 Å². The number of carbonyl (C=O) groups excluding carboxylic acids is 2. The predicted octanol–water partition coefficient (Wildman–Crippen LogP) is 0.286. The zero-order valence-corrected chi connectivity index (χ0v) is 12.7. The van der Waals surface area contributed by atoms with Crippen LogP contribution in [0, 0.1) is 6.92 Å². The Kier molecular flexibility index (Phi) is 3.05. The molecule has 118 valence electrons. The first kappa shape index (κ1) is 14.1. The number of nitrogens with zero attached hydrogens (tertiary/aromatic N) is 2. The maximum Gasteiger partial charge on any atom is 0.262 e. The Hall–Kier alpha value is -2.54. The number of rotatable bonds is 1. The Morgan fingerprint density at radius 3 is 2.65 bits per heavy atom. The minimum Gasteiger partial charge on any atom is -0.309 e. The van der Waals surface area contributed by atoms with Gasteiger partial charge in [0.05, 0.1) is 10.9 Å². The molecule has 0 unspecified atom stereocenters. The molecule has 1 saturated heterocycles. The van der Waals surface area contributed by atoms with Crippen LogP contribution in [0.25, 0.3) is 10.9 Å². The van der Waals surface area contributed by atoms with Crippen LogP contribution in [0.4, 0.5) is 0 Å². The van der Waals surface area contributed by atoms with Crippen LogP contribution >= 0.6 is 0 Å². The van der Waals surface area contributed by atoms with Gasteiger partial charge in [0.1, 0.15) is 11.9 Å². The molecule has 23 heavy (non-hydrogen) atoms. The molecule has 2 aromatic rings. The monoisotopic (exact) mass is 312 g/mol. The number of fused-ring (bicyclic) bond motifs is 2. The third kappa shape index (κ3) is 2.16. The molecule has 7 heteroatoms. The van der Waals surface area contributed by atoms with E-state index in [1.54, 1.807) is 6.92 Å². The molecule has 2 amide bonds. The fourth-order valence-electron chi connectivity index (χ4n) is 3.40. The van der Waals surface area contributed by atoms with E-state index < -0.39 is 11.9 Å². The highest BCUT2D eigenvalue weighted by Gasteiger charge is 2.30. The predicted molar refractivity (Wildman–Crippen MR) is 82.7 cm³/mol. The smallest absolute Gasteiger partial charge is 0.262 e. The molecule has 1 atom stereocenters. The standard InChI is InChI=1S/C16H16N4O3/c1-8-18-12-5-10-7-17-6-9(10)4-11(12)16(23)20(8)13-2-3-14(21)19-15(13)22/h4-5,13,17H,2-3,6-7H2,1H3,(H,19,21,22)/t13-/m1/s1. The molecule has 2 aliphatic rings. The van der Waals surface area contributed by atoms with E-state index in [4.69, 9.17) is 0 Å². The molecule has 4 rings (SSSR count). The summed E-state index contributed by atoms with van der Waals surface area (Å²) in [6, 6.07) is 3.12. The largest absolute Gasteiger partial charge is 0.309 e. The molecule has 2 N–H and O–H groups in total. The normalized spacial score (nSPS) is 20.7. The highest BCUT2D eigenvalue weighted by Crippen LogP contribution is 2.23. The van der Waals surface area contributed by atoms with E-state index in [0.717, 1.165) is 24.2 Å². The van der Waals surface area contributed by atoms with Gasteiger partial charge in [-0.05, 0) is 36.6 Å². The van der Waals surface area contributed by atoms with Crippen LogP contribution in [0.3, 0.4) is 0 Å². The highest BCUT2D eigenvalue weighted by molar-refractivity contribution is 5.99. The van der Waals surface area contributed by atoms with Crippen LogP contribution in [0.2, 0.25) is 0 Å². The molecule has 2 aliphatic heterocycles. The molecule has 0 aliphatic carbocycles. The van der Waals surface area contributed by atoms with Gasteiger partial charge in [0.15, 0.2) is 0 Å². The van der Waals surface area contributed by atoms with E-state index in [9.17, 15) is 14.4 Å². The van der Waals surface area contributed by atoms with Crippen molar-refractivity contribution in [2.24, 2.45) is 0 Å². The van der Waals surface area contributed by atoms with Gasteiger partial charge in [0.25, 0.3) is 5.56 Å². The Labute approximate surface area is 131 Å². The van der Waals surface area contributed by atoms with Crippen molar-refractivity contribution in [3.8, 4) is 0 Å². The lowest BCUT2D eigenvalue weighted by atomic mass is 10.0. The Balaban J connectivity index is 1.90. The van der Waals surface area contributed by atoms with Gasteiger partial charge in [-0.25, -0.2) is 4.98 Å². The Bertz CT molecular complexity index is 916. The van der Waals surface area contributed by atoms with Gasteiger partial charge >= 0.3 is 0 Å².